The van der Waals surface area contributed by atoms with Crippen molar-refractivity contribution in [3.63, 3.8) is 0 Å². The standard InChI is InChI=1S/C10H22N2O2/c1-13-9-6-12(5-4-11)10-2-7-14-8-3-10/h10H,2-9,11H2,1H3. The Labute approximate surface area is 86.3 Å². The molecule has 0 aromatic rings. The van der Waals surface area contributed by atoms with Crippen molar-refractivity contribution in [3.8, 4) is 0 Å². The molecule has 0 atom stereocenters. The third kappa shape index (κ3) is 3.92. The van der Waals surface area contributed by atoms with Crippen LogP contribution in [0.2, 0.25) is 0 Å². The first-order valence-electron chi connectivity index (χ1n) is 5.39. The van der Waals surface area contributed by atoms with Gasteiger partial charge in [-0.25, -0.2) is 0 Å². The highest BCUT2D eigenvalue weighted by atomic mass is 16.5. The van der Waals surface area contributed by atoms with E-state index in [1.807, 2.05) is 0 Å². The van der Waals surface area contributed by atoms with Crippen LogP contribution in [0.15, 0.2) is 0 Å². The Morgan fingerprint density at radius 2 is 2.07 bits per heavy atom. The van der Waals surface area contributed by atoms with Crippen LogP contribution in [0.25, 0.3) is 0 Å². The van der Waals surface area contributed by atoms with Crippen LogP contribution in [0.3, 0.4) is 0 Å². The van der Waals surface area contributed by atoms with E-state index < -0.39 is 0 Å². The predicted octanol–water partition coefficient (Wildman–Crippen LogP) is 0.0725. The van der Waals surface area contributed by atoms with Crippen LogP contribution in [-0.4, -0.2) is 57.5 Å². The molecule has 0 bridgehead atoms. The summed E-state index contributed by atoms with van der Waals surface area (Å²) in [6.45, 7) is 5.24. The van der Waals surface area contributed by atoms with Gasteiger partial charge in [0.15, 0.2) is 0 Å². The van der Waals surface area contributed by atoms with Gasteiger partial charge in [0.25, 0.3) is 0 Å². The number of hydrogen-bond donors (Lipinski definition) is 1. The lowest BCUT2D eigenvalue weighted by molar-refractivity contribution is 0.0258. The van der Waals surface area contributed by atoms with E-state index in [2.05, 4.69) is 4.90 Å². The van der Waals surface area contributed by atoms with Gasteiger partial charge in [-0.15, -0.1) is 0 Å². The van der Waals surface area contributed by atoms with Gasteiger partial charge in [-0.05, 0) is 12.8 Å². The van der Waals surface area contributed by atoms with Crippen molar-refractivity contribution >= 4 is 0 Å². The Bertz CT molecular complexity index is 138. The predicted molar refractivity (Wildman–Crippen MR) is 56.3 cm³/mol. The molecule has 4 nitrogen and oxygen atoms in total. The van der Waals surface area contributed by atoms with Crippen LogP contribution in [0.5, 0.6) is 0 Å². The van der Waals surface area contributed by atoms with E-state index in [0.29, 0.717) is 6.04 Å². The lowest BCUT2D eigenvalue weighted by atomic mass is 10.1. The SMILES string of the molecule is COCCN(CCN)C1CCOCC1. The van der Waals surface area contributed by atoms with E-state index in [9.17, 15) is 0 Å². The van der Waals surface area contributed by atoms with Crippen LogP contribution in [0, 0.1) is 0 Å². The Morgan fingerprint density at radius 1 is 1.36 bits per heavy atom. The van der Waals surface area contributed by atoms with E-state index in [4.69, 9.17) is 15.2 Å². The van der Waals surface area contributed by atoms with Crippen LogP contribution in [-0.2, 0) is 9.47 Å². The highest BCUT2D eigenvalue weighted by molar-refractivity contribution is 4.74. The molecule has 1 heterocycles. The molecule has 0 spiro atoms. The summed E-state index contributed by atoms with van der Waals surface area (Å²) >= 11 is 0. The second-order valence-electron chi connectivity index (χ2n) is 3.66. The van der Waals surface area contributed by atoms with Gasteiger partial charge in [-0.3, -0.25) is 4.90 Å². The zero-order valence-corrected chi connectivity index (χ0v) is 9.08. The first-order chi connectivity index (χ1) is 6.88. The monoisotopic (exact) mass is 202 g/mol. The van der Waals surface area contributed by atoms with Crippen molar-refractivity contribution in [2.45, 2.75) is 18.9 Å². The maximum atomic E-state index is 5.59. The fourth-order valence-electron chi connectivity index (χ4n) is 1.90. The van der Waals surface area contributed by atoms with Crippen molar-refractivity contribution in [1.82, 2.24) is 4.90 Å². The number of rotatable bonds is 6. The molecule has 1 fully saturated rings. The van der Waals surface area contributed by atoms with Crippen LogP contribution >= 0.6 is 0 Å². The summed E-state index contributed by atoms with van der Waals surface area (Å²) in [5.74, 6) is 0. The van der Waals surface area contributed by atoms with E-state index in [1.54, 1.807) is 7.11 Å². The Hall–Kier alpha value is -0.160. The summed E-state index contributed by atoms with van der Waals surface area (Å²) in [6.07, 6.45) is 2.26. The van der Waals surface area contributed by atoms with E-state index >= 15 is 0 Å². The molecule has 4 heteroatoms. The van der Waals surface area contributed by atoms with Gasteiger partial charge >= 0.3 is 0 Å². The molecule has 0 saturated carbocycles. The molecule has 0 aromatic heterocycles. The molecule has 1 aliphatic heterocycles. The zero-order chi connectivity index (χ0) is 10.2. The Kier molecular flexibility index (Phi) is 6.10. The molecule has 2 N–H and O–H groups in total. The highest BCUT2D eigenvalue weighted by Gasteiger charge is 2.20. The van der Waals surface area contributed by atoms with Gasteiger partial charge in [0, 0.05) is 46.0 Å². The second-order valence-corrected chi connectivity index (χ2v) is 3.66. The van der Waals surface area contributed by atoms with Gasteiger partial charge in [0.05, 0.1) is 6.61 Å². The quantitative estimate of drug-likeness (QED) is 0.662. The summed E-state index contributed by atoms with van der Waals surface area (Å²) in [5, 5.41) is 0. The summed E-state index contributed by atoms with van der Waals surface area (Å²) < 4.78 is 10.4. The van der Waals surface area contributed by atoms with Gasteiger partial charge in [0.2, 0.25) is 0 Å². The molecule has 1 aliphatic rings. The molecule has 0 radical (unpaired) electrons. The fourth-order valence-corrected chi connectivity index (χ4v) is 1.90. The van der Waals surface area contributed by atoms with Gasteiger partial charge < -0.3 is 15.2 Å². The van der Waals surface area contributed by atoms with Crippen LogP contribution in [0.1, 0.15) is 12.8 Å². The first kappa shape index (κ1) is 11.9. The van der Waals surface area contributed by atoms with Gasteiger partial charge in [0.1, 0.15) is 0 Å². The van der Waals surface area contributed by atoms with E-state index in [1.165, 1.54) is 0 Å². The maximum Gasteiger partial charge on any atom is 0.0589 e. The third-order valence-corrected chi connectivity index (χ3v) is 2.71. The molecule has 14 heavy (non-hydrogen) atoms. The average molecular weight is 202 g/mol. The minimum atomic E-state index is 0.641. The van der Waals surface area contributed by atoms with Crippen LogP contribution < -0.4 is 5.73 Å². The Balaban J connectivity index is 2.30. The minimum absolute atomic E-state index is 0.641. The number of nitrogens with zero attached hydrogens (tertiary/aromatic N) is 1. The number of hydrogen-bond acceptors (Lipinski definition) is 4. The zero-order valence-electron chi connectivity index (χ0n) is 9.08. The first-order valence-corrected chi connectivity index (χ1v) is 5.39. The summed E-state index contributed by atoms with van der Waals surface area (Å²) in [6, 6.07) is 0.641. The van der Waals surface area contributed by atoms with E-state index in [0.717, 1.165) is 52.3 Å². The smallest absolute Gasteiger partial charge is 0.0589 e. The molecule has 1 rings (SSSR count). The van der Waals surface area contributed by atoms with Crippen LogP contribution in [0.4, 0.5) is 0 Å². The Morgan fingerprint density at radius 3 is 2.64 bits per heavy atom. The molecule has 0 amide bonds. The third-order valence-electron chi connectivity index (χ3n) is 2.71. The lowest BCUT2D eigenvalue weighted by Gasteiger charge is -2.33. The van der Waals surface area contributed by atoms with Crippen molar-refractivity contribution in [2.75, 3.05) is 46.6 Å². The molecule has 0 unspecified atom stereocenters. The fraction of sp³-hybridized carbons (Fsp3) is 1.00. The number of nitrogens with two attached hydrogens (primary N) is 1. The molecular weight excluding hydrogens is 180 g/mol. The lowest BCUT2D eigenvalue weighted by Crippen LogP contribution is -2.43. The topological polar surface area (TPSA) is 47.7 Å². The molecule has 1 saturated heterocycles. The number of methoxy groups -OCH3 is 1. The normalized spacial score (nSPS) is 19.1. The van der Waals surface area contributed by atoms with Crippen molar-refractivity contribution < 1.29 is 9.47 Å². The molecule has 0 aromatic carbocycles. The second kappa shape index (κ2) is 7.17. The summed E-state index contributed by atoms with van der Waals surface area (Å²) in [5.41, 5.74) is 5.59. The average Bonchev–Trinajstić information content (AvgIpc) is 2.25. The number of ether oxygens (including phenoxy) is 2. The summed E-state index contributed by atoms with van der Waals surface area (Å²) in [4.78, 5) is 2.42. The highest BCUT2D eigenvalue weighted by Crippen LogP contribution is 2.13. The van der Waals surface area contributed by atoms with E-state index in [-0.39, 0.29) is 0 Å². The molecule has 0 aliphatic carbocycles. The van der Waals surface area contributed by atoms with Crippen molar-refractivity contribution in [1.29, 1.82) is 0 Å². The van der Waals surface area contributed by atoms with Crippen molar-refractivity contribution in [2.24, 2.45) is 5.73 Å². The molecular formula is C10H22N2O2. The maximum absolute atomic E-state index is 5.59. The minimum Gasteiger partial charge on any atom is -0.383 e. The van der Waals surface area contributed by atoms with Gasteiger partial charge in [-0.1, -0.05) is 0 Å². The van der Waals surface area contributed by atoms with Gasteiger partial charge in [-0.2, -0.15) is 0 Å². The molecule has 84 valence electrons. The largest absolute Gasteiger partial charge is 0.383 e. The summed E-state index contributed by atoms with van der Waals surface area (Å²) in [7, 11) is 1.74. The van der Waals surface area contributed by atoms with Crippen molar-refractivity contribution in [3.05, 3.63) is 0 Å².